The molecule has 16 heavy (non-hydrogen) atoms. The Labute approximate surface area is 102 Å². The van der Waals surface area contributed by atoms with Crippen LogP contribution >= 0.6 is 0 Å². The molecule has 1 rings (SSSR count). The molecule has 2 heteroatoms. The zero-order valence-corrected chi connectivity index (χ0v) is 11.7. The molecule has 0 aromatic carbocycles. The van der Waals surface area contributed by atoms with E-state index < -0.39 is 0 Å². The van der Waals surface area contributed by atoms with Crippen LogP contribution in [0, 0.1) is 0 Å². The van der Waals surface area contributed by atoms with Gasteiger partial charge in [-0.3, -0.25) is 0 Å². The summed E-state index contributed by atoms with van der Waals surface area (Å²) in [6, 6.07) is 0.679. The third kappa shape index (κ3) is 2.98. The summed E-state index contributed by atoms with van der Waals surface area (Å²) >= 11 is 0. The van der Waals surface area contributed by atoms with E-state index in [1.807, 2.05) is 0 Å². The second-order valence-corrected chi connectivity index (χ2v) is 5.46. The van der Waals surface area contributed by atoms with Crippen LogP contribution in [0.15, 0.2) is 0 Å². The Morgan fingerprint density at radius 2 is 1.75 bits per heavy atom. The van der Waals surface area contributed by atoms with Crippen molar-refractivity contribution in [3.8, 4) is 0 Å². The molecule has 1 fully saturated rings. The normalized spacial score (nSPS) is 22.3. The monoisotopic (exact) mass is 226 g/mol. The third-order valence-electron chi connectivity index (χ3n) is 4.29. The number of likely N-dealkylation sites (N-methyl/N-ethyl adjacent to an activating group) is 2. The zero-order chi connectivity index (χ0) is 12.0. The average molecular weight is 226 g/mol. The van der Waals surface area contributed by atoms with Crippen LogP contribution in [0.2, 0.25) is 0 Å². The summed E-state index contributed by atoms with van der Waals surface area (Å²) in [4.78, 5) is 2.50. The van der Waals surface area contributed by atoms with Gasteiger partial charge in [0.1, 0.15) is 0 Å². The highest BCUT2D eigenvalue weighted by atomic mass is 15.2. The van der Waals surface area contributed by atoms with Gasteiger partial charge in [-0.05, 0) is 39.9 Å². The Hall–Kier alpha value is -0.0800. The predicted octanol–water partition coefficient (Wildman–Crippen LogP) is 3.03. The van der Waals surface area contributed by atoms with E-state index in [0.29, 0.717) is 11.6 Å². The van der Waals surface area contributed by atoms with Crippen molar-refractivity contribution >= 4 is 0 Å². The largest absolute Gasteiger partial charge is 0.312 e. The molecule has 2 nitrogen and oxygen atoms in total. The van der Waals surface area contributed by atoms with E-state index in [0.717, 1.165) is 6.54 Å². The highest BCUT2D eigenvalue weighted by Gasteiger charge is 2.40. The van der Waals surface area contributed by atoms with Crippen molar-refractivity contribution in [1.82, 2.24) is 10.2 Å². The summed E-state index contributed by atoms with van der Waals surface area (Å²) in [5.74, 6) is 0. The van der Waals surface area contributed by atoms with E-state index in [2.05, 4.69) is 38.2 Å². The molecule has 0 aliphatic heterocycles. The fourth-order valence-electron chi connectivity index (χ4n) is 3.37. The summed E-state index contributed by atoms with van der Waals surface area (Å²) in [6.45, 7) is 5.63. The van der Waals surface area contributed by atoms with Gasteiger partial charge in [-0.2, -0.15) is 0 Å². The van der Waals surface area contributed by atoms with Crippen molar-refractivity contribution in [1.29, 1.82) is 0 Å². The smallest absolute Gasteiger partial charge is 0.0356 e. The van der Waals surface area contributed by atoms with E-state index in [-0.39, 0.29) is 0 Å². The first kappa shape index (κ1) is 14.0. The molecule has 0 heterocycles. The summed E-state index contributed by atoms with van der Waals surface area (Å²) in [6.07, 6.45) is 9.59. The van der Waals surface area contributed by atoms with Crippen molar-refractivity contribution in [2.45, 2.75) is 70.4 Å². The van der Waals surface area contributed by atoms with Crippen LogP contribution < -0.4 is 5.32 Å². The summed E-state index contributed by atoms with van der Waals surface area (Å²) < 4.78 is 0. The van der Waals surface area contributed by atoms with Crippen LogP contribution in [0.1, 0.15) is 58.8 Å². The lowest BCUT2D eigenvalue weighted by Gasteiger charge is -2.49. The van der Waals surface area contributed by atoms with E-state index in [1.54, 1.807) is 0 Å². The maximum Gasteiger partial charge on any atom is 0.0356 e. The molecule has 0 bridgehead atoms. The molecule has 1 aliphatic carbocycles. The van der Waals surface area contributed by atoms with Crippen molar-refractivity contribution in [3.05, 3.63) is 0 Å². The molecular formula is C14H30N2. The van der Waals surface area contributed by atoms with Gasteiger partial charge in [-0.15, -0.1) is 0 Å². The molecule has 0 aromatic heterocycles. The predicted molar refractivity (Wildman–Crippen MR) is 71.9 cm³/mol. The van der Waals surface area contributed by atoms with Crippen molar-refractivity contribution in [2.24, 2.45) is 0 Å². The second kappa shape index (κ2) is 6.61. The topological polar surface area (TPSA) is 15.3 Å². The van der Waals surface area contributed by atoms with Crippen LogP contribution in [-0.4, -0.2) is 37.1 Å². The minimum absolute atomic E-state index is 0.421. The lowest BCUT2D eigenvalue weighted by Crippen LogP contribution is -2.59. The van der Waals surface area contributed by atoms with E-state index in [9.17, 15) is 0 Å². The molecule has 0 radical (unpaired) electrons. The molecule has 1 aliphatic rings. The first-order valence-corrected chi connectivity index (χ1v) is 7.08. The zero-order valence-electron chi connectivity index (χ0n) is 11.7. The van der Waals surface area contributed by atoms with Crippen LogP contribution in [0.25, 0.3) is 0 Å². The van der Waals surface area contributed by atoms with Gasteiger partial charge in [-0.25, -0.2) is 0 Å². The fourth-order valence-corrected chi connectivity index (χ4v) is 3.37. The molecule has 1 atom stereocenters. The van der Waals surface area contributed by atoms with E-state index in [1.165, 1.54) is 44.9 Å². The van der Waals surface area contributed by atoms with Gasteiger partial charge in [0.2, 0.25) is 0 Å². The van der Waals surface area contributed by atoms with Gasteiger partial charge in [0.05, 0.1) is 0 Å². The van der Waals surface area contributed by atoms with Crippen molar-refractivity contribution < 1.29 is 0 Å². The molecule has 0 aromatic rings. The molecule has 1 unspecified atom stereocenters. The number of nitrogens with one attached hydrogen (secondary N) is 1. The lowest BCUT2D eigenvalue weighted by molar-refractivity contribution is 0.0538. The van der Waals surface area contributed by atoms with Crippen LogP contribution in [-0.2, 0) is 0 Å². The number of nitrogens with zero attached hydrogens (tertiary/aromatic N) is 1. The summed E-state index contributed by atoms with van der Waals surface area (Å²) in [5, 5.41) is 3.73. The SMILES string of the molecule is CCCC(NCC)C1(N(C)C)CCCCC1. The number of hydrogen-bond acceptors (Lipinski definition) is 2. The summed E-state index contributed by atoms with van der Waals surface area (Å²) in [5.41, 5.74) is 0.421. The first-order chi connectivity index (χ1) is 7.67. The number of rotatable bonds is 6. The molecule has 0 amide bonds. The molecular weight excluding hydrogens is 196 g/mol. The van der Waals surface area contributed by atoms with Crippen LogP contribution in [0.3, 0.4) is 0 Å². The van der Waals surface area contributed by atoms with Gasteiger partial charge in [0, 0.05) is 11.6 Å². The van der Waals surface area contributed by atoms with Crippen LogP contribution in [0.5, 0.6) is 0 Å². The van der Waals surface area contributed by atoms with Crippen LogP contribution in [0.4, 0.5) is 0 Å². The highest BCUT2D eigenvalue weighted by Crippen LogP contribution is 2.36. The quantitative estimate of drug-likeness (QED) is 0.749. The van der Waals surface area contributed by atoms with Gasteiger partial charge in [0.25, 0.3) is 0 Å². The molecule has 0 saturated heterocycles. The maximum absolute atomic E-state index is 3.73. The van der Waals surface area contributed by atoms with Gasteiger partial charge in [0.15, 0.2) is 0 Å². The van der Waals surface area contributed by atoms with Gasteiger partial charge < -0.3 is 10.2 Å². The molecule has 1 saturated carbocycles. The Bertz CT molecular complexity index is 177. The lowest BCUT2D eigenvalue weighted by atomic mass is 9.74. The molecule has 0 spiro atoms. The third-order valence-corrected chi connectivity index (χ3v) is 4.29. The minimum Gasteiger partial charge on any atom is -0.312 e. The van der Waals surface area contributed by atoms with Crippen molar-refractivity contribution in [3.63, 3.8) is 0 Å². The van der Waals surface area contributed by atoms with E-state index >= 15 is 0 Å². The Balaban J connectivity index is 2.78. The maximum atomic E-state index is 3.73. The van der Waals surface area contributed by atoms with Gasteiger partial charge in [-0.1, -0.05) is 39.5 Å². The Morgan fingerprint density at radius 1 is 1.12 bits per heavy atom. The van der Waals surface area contributed by atoms with E-state index in [4.69, 9.17) is 0 Å². The highest BCUT2D eigenvalue weighted by molar-refractivity contribution is 5.00. The molecule has 1 N–H and O–H groups in total. The standard InChI is InChI=1S/C14H30N2/c1-5-10-13(15-6-2)14(16(3)4)11-8-7-9-12-14/h13,15H,5-12H2,1-4H3. The Kier molecular flexibility index (Phi) is 5.77. The van der Waals surface area contributed by atoms with Crippen molar-refractivity contribution in [2.75, 3.05) is 20.6 Å². The average Bonchev–Trinajstić information content (AvgIpc) is 2.29. The number of hydrogen-bond donors (Lipinski definition) is 1. The molecule has 96 valence electrons. The second-order valence-electron chi connectivity index (χ2n) is 5.46. The van der Waals surface area contributed by atoms with Gasteiger partial charge >= 0.3 is 0 Å². The fraction of sp³-hybridized carbons (Fsp3) is 1.00. The summed E-state index contributed by atoms with van der Waals surface area (Å²) in [7, 11) is 4.54. The minimum atomic E-state index is 0.421. The Morgan fingerprint density at radius 3 is 2.19 bits per heavy atom. The first-order valence-electron chi connectivity index (χ1n) is 7.08.